The summed E-state index contributed by atoms with van der Waals surface area (Å²) in [6.45, 7) is 3.26. The van der Waals surface area contributed by atoms with E-state index in [0.717, 1.165) is 16.7 Å². The van der Waals surface area contributed by atoms with Crippen LogP contribution in [0, 0.1) is 6.92 Å². The number of fused-ring (bicyclic) bond motifs is 6. The first-order valence-corrected chi connectivity index (χ1v) is 12.6. The SMILES string of the molecule is Cc1ncc(C(=O)N2CCc3cc4ccc3C2c2cccc(c2)OCCCNC(=O)c2cncc(c2)O4)[nH]1. The third kappa shape index (κ3) is 4.70. The Bertz CT molecular complexity index is 1510. The van der Waals surface area contributed by atoms with Crippen molar-refractivity contribution in [2.75, 3.05) is 19.7 Å². The van der Waals surface area contributed by atoms with Crippen molar-refractivity contribution in [3.05, 3.63) is 101 Å². The molecule has 2 aromatic carbocycles. The molecule has 5 heterocycles. The number of benzene rings is 2. The fourth-order valence-corrected chi connectivity index (χ4v) is 5.00. The van der Waals surface area contributed by atoms with Gasteiger partial charge in [-0.25, -0.2) is 4.98 Å². The lowest BCUT2D eigenvalue weighted by atomic mass is 9.87. The number of amides is 2. The minimum Gasteiger partial charge on any atom is -0.494 e. The zero-order valence-electron chi connectivity index (χ0n) is 20.9. The second-order valence-electron chi connectivity index (χ2n) is 9.44. The molecule has 38 heavy (non-hydrogen) atoms. The quantitative estimate of drug-likeness (QED) is 0.398. The van der Waals surface area contributed by atoms with Crippen LogP contribution in [0.5, 0.6) is 17.2 Å². The minimum atomic E-state index is -0.310. The predicted molar refractivity (Wildman–Crippen MR) is 140 cm³/mol. The number of imidazole rings is 1. The second kappa shape index (κ2) is 10.0. The van der Waals surface area contributed by atoms with Gasteiger partial charge in [-0.1, -0.05) is 18.2 Å². The van der Waals surface area contributed by atoms with Crippen molar-refractivity contribution >= 4 is 11.8 Å². The molecule has 1 unspecified atom stereocenters. The zero-order chi connectivity index (χ0) is 26.1. The van der Waals surface area contributed by atoms with Gasteiger partial charge in [0.05, 0.1) is 30.6 Å². The van der Waals surface area contributed by atoms with Crippen LogP contribution in [0.3, 0.4) is 0 Å². The van der Waals surface area contributed by atoms with Crippen molar-refractivity contribution in [1.82, 2.24) is 25.2 Å². The molecule has 0 spiro atoms. The Morgan fingerprint density at radius 1 is 1.05 bits per heavy atom. The van der Waals surface area contributed by atoms with Gasteiger partial charge in [0.2, 0.25) is 0 Å². The maximum atomic E-state index is 13.6. The summed E-state index contributed by atoms with van der Waals surface area (Å²) < 4.78 is 12.1. The lowest BCUT2D eigenvalue weighted by Gasteiger charge is -2.37. The van der Waals surface area contributed by atoms with Crippen molar-refractivity contribution in [3.8, 4) is 17.2 Å². The number of rotatable bonds is 1. The van der Waals surface area contributed by atoms with Gasteiger partial charge in [-0.05, 0) is 66.8 Å². The van der Waals surface area contributed by atoms with Gasteiger partial charge in [-0.15, -0.1) is 0 Å². The van der Waals surface area contributed by atoms with Gasteiger partial charge in [-0.3, -0.25) is 14.6 Å². The maximum absolute atomic E-state index is 13.6. The van der Waals surface area contributed by atoms with Crippen LogP contribution in [-0.4, -0.2) is 51.4 Å². The van der Waals surface area contributed by atoms with E-state index in [1.54, 1.807) is 18.5 Å². The number of carbonyl (C=O) groups is 2. The Morgan fingerprint density at radius 2 is 1.97 bits per heavy atom. The van der Waals surface area contributed by atoms with Gasteiger partial charge < -0.3 is 24.7 Å². The van der Waals surface area contributed by atoms with Gasteiger partial charge in [0.25, 0.3) is 11.8 Å². The summed E-state index contributed by atoms with van der Waals surface area (Å²) in [5.41, 5.74) is 3.96. The Balaban J connectivity index is 1.43. The standard InChI is InChI=1S/C29H27N5O4/c1-18-32-17-26(33-18)29(36)34-10-8-19-12-23-6-7-25(19)27(34)20-4-2-5-22(13-20)37-11-3-9-31-28(35)21-14-24(38-23)16-30-15-21/h2,4-7,12-17,27H,3,8-11H2,1H3,(H,31,35)(H,32,33). The summed E-state index contributed by atoms with van der Waals surface area (Å²) in [5, 5.41) is 2.90. The molecule has 0 saturated heterocycles. The van der Waals surface area contributed by atoms with E-state index in [9.17, 15) is 9.59 Å². The Hall–Kier alpha value is -4.66. The Labute approximate surface area is 219 Å². The molecule has 8 bridgehead atoms. The van der Waals surface area contributed by atoms with Gasteiger partial charge >= 0.3 is 0 Å². The number of aromatic amines is 1. The molecule has 0 fully saturated rings. The molecule has 0 radical (unpaired) electrons. The Morgan fingerprint density at radius 3 is 2.84 bits per heavy atom. The van der Waals surface area contributed by atoms with E-state index in [1.807, 2.05) is 54.3 Å². The molecule has 0 aliphatic carbocycles. The number of nitrogens with one attached hydrogen (secondary N) is 2. The molecule has 4 aromatic rings. The van der Waals surface area contributed by atoms with E-state index < -0.39 is 0 Å². The summed E-state index contributed by atoms with van der Waals surface area (Å²) >= 11 is 0. The summed E-state index contributed by atoms with van der Waals surface area (Å²) in [5.74, 6) is 2.22. The van der Waals surface area contributed by atoms with Crippen molar-refractivity contribution in [1.29, 1.82) is 0 Å². The van der Waals surface area contributed by atoms with Crippen molar-refractivity contribution in [2.24, 2.45) is 0 Å². The van der Waals surface area contributed by atoms with Crippen LogP contribution in [0.1, 0.15) is 55.8 Å². The number of pyridine rings is 1. The van der Waals surface area contributed by atoms with Crippen LogP contribution in [0.25, 0.3) is 0 Å². The monoisotopic (exact) mass is 509 g/mol. The topological polar surface area (TPSA) is 109 Å². The molecule has 2 amide bonds. The molecule has 0 saturated carbocycles. The Kier molecular flexibility index (Phi) is 6.25. The van der Waals surface area contributed by atoms with Crippen LogP contribution in [-0.2, 0) is 6.42 Å². The van der Waals surface area contributed by atoms with Gasteiger partial charge in [-0.2, -0.15) is 0 Å². The molecule has 1 atom stereocenters. The molecule has 192 valence electrons. The first-order chi connectivity index (χ1) is 18.5. The highest BCUT2D eigenvalue weighted by Crippen LogP contribution is 2.39. The third-order valence-corrected chi connectivity index (χ3v) is 6.80. The van der Waals surface area contributed by atoms with Gasteiger partial charge in [0.15, 0.2) is 0 Å². The molecule has 9 nitrogen and oxygen atoms in total. The number of nitrogens with zero attached hydrogens (tertiary/aromatic N) is 3. The minimum absolute atomic E-state index is 0.103. The first-order valence-electron chi connectivity index (χ1n) is 12.6. The lowest BCUT2D eigenvalue weighted by Crippen LogP contribution is -2.40. The summed E-state index contributed by atoms with van der Waals surface area (Å²) in [7, 11) is 0. The number of H-pyrrole nitrogens is 1. The van der Waals surface area contributed by atoms with E-state index in [-0.39, 0.29) is 17.9 Å². The van der Waals surface area contributed by atoms with E-state index >= 15 is 0 Å². The molecule has 9 heteroatoms. The average Bonchev–Trinajstić information content (AvgIpc) is 3.37. The van der Waals surface area contributed by atoms with E-state index in [2.05, 4.69) is 20.3 Å². The highest BCUT2D eigenvalue weighted by molar-refractivity contribution is 5.94. The second-order valence-corrected chi connectivity index (χ2v) is 9.44. The van der Waals surface area contributed by atoms with Crippen LogP contribution in [0.15, 0.2) is 67.1 Å². The molecule has 2 N–H and O–H groups in total. The van der Waals surface area contributed by atoms with Crippen LogP contribution < -0.4 is 14.8 Å². The van der Waals surface area contributed by atoms with Gasteiger partial charge in [0, 0.05) is 19.3 Å². The van der Waals surface area contributed by atoms with Crippen LogP contribution in [0.2, 0.25) is 0 Å². The predicted octanol–water partition coefficient (Wildman–Crippen LogP) is 4.21. The molecule has 2 aromatic heterocycles. The zero-order valence-corrected chi connectivity index (χ0v) is 20.9. The van der Waals surface area contributed by atoms with Crippen molar-refractivity contribution in [3.63, 3.8) is 0 Å². The first kappa shape index (κ1) is 23.7. The number of aryl methyl sites for hydroxylation is 1. The number of carbonyl (C=O) groups excluding carboxylic acids is 2. The average molecular weight is 510 g/mol. The number of aromatic nitrogens is 3. The molecular formula is C29H27N5O4. The molecule has 3 aliphatic rings. The molecule has 3 aliphatic heterocycles. The van der Waals surface area contributed by atoms with Crippen molar-refractivity contribution < 1.29 is 19.1 Å². The molecular weight excluding hydrogens is 482 g/mol. The molecule has 7 rings (SSSR count). The lowest BCUT2D eigenvalue weighted by molar-refractivity contribution is 0.0688. The third-order valence-electron chi connectivity index (χ3n) is 6.80. The fraction of sp³-hybridized carbons (Fsp3) is 0.241. The van der Waals surface area contributed by atoms with E-state index in [0.29, 0.717) is 66.9 Å². The maximum Gasteiger partial charge on any atom is 0.272 e. The normalized spacial score (nSPS) is 17.0. The fourth-order valence-electron chi connectivity index (χ4n) is 5.00. The number of hydrogen-bond donors (Lipinski definition) is 2. The summed E-state index contributed by atoms with van der Waals surface area (Å²) in [6.07, 6.45) is 6.00. The van der Waals surface area contributed by atoms with Crippen LogP contribution >= 0.6 is 0 Å². The largest absolute Gasteiger partial charge is 0.494 e. The van der Waals surface area contributed by atoms with Crippen LogP contribution in [0.4, 0.5) is 0 Å². The van der Waals surface area contributed by atoms with Gasteiger partial charge in [0.1, 0.15) is 28.8 Å². The summed E-state index contributed by atoms with van der Waals surface area (Å²) in [4.78, 5) is 39.6. The van der Waals surface area contributed by atoms with E-state index in [1.165, 1.54) is 6.20 Å². The number of hydrogen-bond acceptors (Lipinski definition) is 6. The number of ether oxygens (including phenoxy) is 2. The highest BCUT2D eigenvalue weighted by Gasteiger charge is 2.34. The smallest absolute Gasteiger partial charge is 0.272 e. The highest BCUT2D eigenvalue weighted by atomic mass is 16.5. The van der Waals surface area contributed by atoms with Crippen molar-refractivity contribution in [2.45, 2.75) is 25.8 Å². The van der Waals surface area contributed by atoms with E-state index in [4.69, 9.17) is 9.47 Å². The summed E-state index contributed by atoms with van der Waals surface area (Å²) in [6, 6.07) is 15.1.